The zero-order valence-corrected chi connectivity index (χ0v) is 15.0. The van der Waals surface area contributed by atoms with Gasteiger partial charge in [0.15, 0.2) is 0 Å². The summed E-state index contributed by atoms with van der Waals surface area (Å²) >= 11 is 0. The molecule has 3 rings (SSSR count). The number of ether oxygens (including phenoxy) is 1. The number of rotatable bonds is 5. The molecule has 1 aliphatic heterocycles. The second-order valence-electron chi connectivity index (χ2n) is 6.68. The van der Waals surface area contributed by atoms with E-state index in [1.54, 1.807) is 0 Å². The molecule has 25 heavy (non-hydrogen) atoms. The Bertz CT molecular complexity index is 729. The molecule has 0 aliphatic carbocycles. The van der Waals surface area contributed by atoms with Crippen LogP contribution >= 0.6 is 0 Å². The van der Waals surface area contributed by atoms with Gasteiger partial charge in [0, 0.05) is 24.7 Å². The van der Waals surface area contributed by atoms with Gasteiger partial charge in [0.25, 0.3) is 5.91 Å². The molecule has 4 nitrogen and oxygen atoms in total. The summed E-state index contributed by atoms with van der Waals surface area (Å²) in [6.07, 6.45) is 2.17. The number of likely N-dealkylation sites (N-methyl/N-ethyl adjacent to an activating group) is 1. The summed E-state index contributed by atoms with van der Waals surface area (Å²) in [5, 5.41) is 3.28. The first-order chi connectivity index (χ1) is 12.2. The van der Waals surface area contributed by atoms with Gasteiger partial charge in [-0.25, -0.2) is 0 Å². The second-order valence-corrected chi connectivity index (χ2v) is 6.68. The lowest BCUT2D eigenvalue weighted by molar-refractivity contribution is 0.0697. The van der Waals surface area contributed by atoms with E-state index in [1.165, 1.54) is 5.56 Å². The molecule has 1 atom stereocenters. The van der Waals surface area contributed by atoms with Crippen LogP contribution in [0.15, 0.2) is 48.5 Å². The summed E-state index contributed by atoms with van der Waals surface area (Å²) in [6, 6.07) is 16.2. The van der Waals surface area contributed by atoms with E-state index in [2.05, 4.69) is 24.4 Å². The van der Waals surface area contributed by atoms with Gasteiger partial charge >= 0.3 is 0 Å². The van der Waals surface area contributed by atoms with Gasteiger partial charge in [0.1, 0.15) is 12.4 Å². The number of nitrogens with zero attached hydrogens (tertiary/aromatic N) is 1. The number of hydrogen-bond acceptors (Lipinski definition) is 3. The quantitative estimate of drug-likeness (QED) is 0.908. The van der Waals surface area contributed by atoms with Crippen LogP contribution in [-0.2, 0) is 6.61 Å². The molecule has 0 aromatic heterocycles. The van der Waals surface area contributed by atoms with Crippen LogP contribution in [0.2, 0.25) is 0 Å². The molecule has 1 aliphatic rings. The lowest BCUT2D eigenvalue weighted by Crippen LogP contribution is -2.46. The third kappa shape index (κ3) is 4.60. The Morgan fingerprint density at radius 2 is 2.08 bits per heavy atom. The molecule has 1 unspecified atom stereocenters. The van der Waals surface area contributed by atoms with Crippen molar-refractivity contribution in [1.29, 1.82) is 0 Å². The maximum Gasteiger partial charge on any atom is 0.254 e. The molecule has 0 bridgehead atoms. The number of piperidine rings is 1. The molecule has 132 valence electrons. The van der Waals surface area contributed by atoms with E-state index in [1.807, 2.05) is 48.3 Å². The van der Waals surface area contributed by atoms with Crippen molar-refractivity contribution in [2.75, 3.05) is 20.1 Å². The van der Waals surface area contributed by atoms with Crippen molar-refractivity contribution in [3.05, 3.63) is 65.2 Å². The average molecular weight is 338 g/mol. The highest BCUT2D eigenvalue weighted by Gasteiger charge is 2.23. The van der Waals surface area contributed by atoms with E-state index in [0.29, 0.717) is 18.2 Å². The number of carbonyl (C=O) groups is 1. The van der Waals surface area contributed by atoms with Gasteiger partial charge in [0.2, 0.25) is 0 Å². The van der Waals surface area contributed by atoms with Crippen LogP contribution in [0.1, 0.15) is 34.3 Å². The van der Waals surface area contributed by atoms with Gasteiger partial charge in [-0.3, -0.25) is 4.79 Å². The number of nitrogens with one attached hydrogen (secondary N) is 1. The summed E-state index contributed by atoms with van der Waals surface area (Å²) < 4.78 is 5.88. The van der Waals surface area contributed by atoms with E-state index in [4.69, 9.17) is 4.74 Å². The summed E-state index contributed by atoms with van der Waals surface area (Å²) in [5.74, 6) is 0.815. The van der Waals surface area contributed by atoms with Crippen LogP contribution in [0.25, 0.3) is 0 Å². The van der Waals surface area contributed by atoms with Gasteiger partial charge in [-0.1, -0.05) is 35.9 Å². The van der Waals surface area contributed by atoms with Crippen molar-refractivity contribution in [1.82, 2.24) is 10.2 Å². The Balaban J connectivity index is 1.65. The fraction of sp³-hybridized carbons (Fsp3) is 0.381. The Morgan fingerprint density at radius 3 is 2.88 bits per heavy atom. The lowest BCUT2D eigenvalue weighted by Gasteiger charge is -2.32. The zero-order valence-electron chi connectivity index (χ0n) is 15.0. The standard InChI is InChI=1S/C21H26N2O2/c1-16-6-3-7-17(12-16)15-25-20-10-4-8-18(13-20)21(24)23-11-5-9-19(14-23)22-2/h3-4,6-8,10,12-13,19,22H,5,9,11,14-15H2,1-2H3. The van der Waals surface area contributed by atoms with Gasteiger partial charge in [-0.2, -0.15) is 0 Å². The maximum absolute atomic E-state index is 12.8. The molecule has 0 spiro atoms. The minimum atomic E-state index is 0.0842. The van der Waals surface area contributed by atoms with Crippen molar-refractivity contribution in [3.8, 4) is 5.75 Å². The molecule has 2 aromatic carbocycles. The number of benzene rings is 2. The number of hydrogen-bond donors (Lipinski definition) is 1. The van der Waals surface area contributed by atoms with Gasteiger partial charge < -0.3 is 15.0 Å². The molecule has 0 radical (unpaired) electrons. The highest BCUT2D eigenvalue weighted by molar-refractivity contribution is 5.94. The number of aryl methyl sites for hydroxylation is 1. The molecular weight excluding hydrogens is 312 g/mol. The number of carbonyl (C=O) groups excluding carboxylic acids is 1. The van der Waals surface area contributed by atoms with Crippen LogP contribution in [0, 0.1) is 6.92 Å². The lowest BCUT2D eigenvalue weighted by atomic mass is 10.0. The van der Waals surface area contributed by atoms with Crippen molar-refractivity contribution in [2.45, 2.75) is 32.4 Å². The SMILES string of the molecule is CNC1CCCN(C(=O)c2cccc(OCc3cccc(C)c3)c2)C1. The third-order valence-electron chi connectivity index (χ3n) is 4.69. The van der Waals surface area contributed by atoms with Crippen LogP contribution in [0.5, 0.6) is 5.75 Å². The maximum atomic E-state index is 12.8. The predicted octanol–water partition coefficient (Wildman–Crippen LogP) is 3.40. The summed E-state index contributed by atoms with van der Waals surface area (Å²) in [4.78, 5) is 14.7. The first-order valence-corrected chi connectivity index (χ1v) is 8.90. The zero-order chi connectivity index (χ0) is 17.6. The number of likely N-dealkylation sites (tertiary alicyclic amines) is 1. The van der Waals surface area contributed by atoms with Gasteiger partial charge in [0.05, 0.1) is 0 Å². The Hall–Kier alpha value is -2.33. The van der Waals surface area contributed by atoms with Crippen molar-refractivity contribution < 1.29 is 9.53 Å². The van der Waals surface area contributed by atoms with Gasteiger partial charge in [-0.15, -0.1) is 0 Å². The predicted molar refractivity (Wildman–Crippen MR) is 99.9 cm³/mol. The Labute approximate surface area is 149 Å². The molecule has 1 amide bonds. The third-order valence-corrected chi connectivity index (χ3v) is 4.69. The second kappa shape index (κ2) is 8.17. The fourth-order valence-electron chi connectivity index (χ4n) is 3.27. The highest BCUT2D eigenvalue weighted by Crippen LogP contribution is 2.19. The van der Waals surface area contributed by atoms with E-state index in [9.17, 15) is 4.79 Å². The average Bonchev–Trinajstić information content (AvgIpc) is 2.66. The minimum Gasteiger partial charge on any atom is -0.489 e. The van der Waals surface area contributed by atoms with Crippen LogP contribution < -0.4 is 10.1 Å². The van der Waals surface area contributed by atoms with Crippen LogP contribution in [0.3, 0.4) is 0 Å². The summed E-state index contributed by atoms with van der Waals surface area (Å²) in [6.45, 7) is 4.17. The van der Waals surface area contributed by atoms with Crippen molar-refractivity contribution >= 4 is 5.91 Å². The summed E-state index contributed by atoms with van der Waals surface area (Å²) in [7, 11) is 1.96. The largest absolute Gasteiger partial charge is 0.489 e. The molecule has 1 fully saturated rings. The Kier molecular flexibility index (Phi) is 5.71. The van der Waals surface area contributed by atoms with E-state index >= 15 is 0 Å². The minimum absolute atomic E-state index is 0.0842. The van der Waals surface area contributed by atoms with Gasteiger partial charge in [-0.05, 0) is 50.6 Å². The van der Waals surface area contributed by atoms with E-state index in [-0.39, 0.29) is 5.91 Å². The van der Waals surface area contributed by atoms with Crippen molar-refractivity contribution in [3.63, 3.8) is 0 Å². The molecular formula is C21H26N2O2. The molecule has 1 heterocycles. The smallest absolute Gasteiger partial charge is 0.254 e. The highest BCUT2D eigenvalue weighted by atomic mass is 16.5. The van der Waals surface area contributed by atoms with Crippen molar-refractivity contribution in [2.24, 2.45) is 0 Å². The molecule has 1 N–H and O–H groups in total. The fourth-order valence-corrected chi connectivity index (χ4v) is 3.27. The summed E-state index contributed by atoms with van der Waals surface area (Å²) in [5.41, 5.74) is 3.04. The first-order valence-electron chi connectivity index (χ1n) is 8.90. The topological polar surface area (TPSA) is 41.6 Å². The normalized spacial score (nSPS) is 17.4. The van der Waals surface area contributed by atoms with E-state index < -0.39 is 0 Å². The Morgan fingerprint density at radius 1 is 1.24 bits per heavy atom. The van der Waals surface area contributed by atoms with E-state index in [0.717, 1.165) is 37.2 Å². The molecule has 2 aromatic rings. The molecule has 1 saturated heterocycles. The van der Waals surface area contributed by atoms with Crippen LogP contribution in [0.4, 0.5) is 0 Å². The molecule has 4 heteroatoms. The molecule has 0 saturated carbocycles. The van der Waals surface area contributed by atoms with Crippen LogP contribution in [-0.4, -0.2) is 37.0 Å². The number of amides is 1. The monoisotopic (exact) mass is 338 g/mol. The first kappa shape index (κ1) is 17.5.